The minimum Gasteiger partial charge on any atom is -0.256 e. The van der Waals surface area contributed by atoms with Gasteiger partial charge >= 0.3 is 0 Å². The van der Waals surface area contributed by atoms with Crippen molar-refractivity contribution in [1.29, 1.82) is 0 Å². The highest BCUT2D eigenvalue weighted by atomic mass is 35.5. The molecule has 2 heterocycles. The van der Waals surface area contributed by atoms with Gasteiger partial charge in [0.15, 0.2) is 0 Å². The van der Waals surface area contributed by atoms with E-state index < -0.39 is 8.07 Å². The van der Waals surface area contributed by atoms with Crippen LogP contribution in [0.5, 0.6) is 0 Å². The molecule has 0 bridgehead atoms. The van der Waals surface area contributed by atoms with E-state index in [0.717, 1.165) is 22.5 Å². The summed E-state index contributed by atoms with van der Waals surface area (Å²) in [6.45, 7) is 11.8. The highest BCUT2D eigenvalue weighted by Crippen LogP contribution is 2.42. The molecule has 0 unspecified atom stereocenters. The third-order valence-electron chi connectivity index (χ3n) is 5.18. The molecule has 0 atom stereocenters. The van der Waals surface area contributed by atoms with E-state index in [9.17, 15) is 0 Å². The van der Waals surface area contributed by atoms with Gasteiger partial charge in [-0.3, -0.25) is 4.98 Å². The van der Waals surface area contributed by atoms with Crippen LogP contribution in [-0.2, 0) is 6.42 Å². The fourth-order valence-corrected chi connectivity index (χ4v) is 7.07. The quantitative estimate of drug-likeness (QED) is 0.309. The summed E-state index contributed by atoms with van der Waals surface area (Å²) in [6, 6.07) is 15.0. The highest BCUT2D eigenvalue weighted by molar-refractivity contribution is 7.26. The molecule has 0 amide bonds. The Morgan fingerprint density at radius 3 is 2.54 bits per heavy atom. The molecule has 0 N–H and O–H groups in total. The van der Waals surface area contributed by atoms with Crippen LogP contribution in [0.1, 0.15) is 19.4 Å². The Hall–Kier alpha value is -1.68. The van der Waals surface area contributed by atoms with Crippen molar-refractivity contribution >= 4 is 56.4 Å². The molecule has 0 aliphatic carbocycles. The Balaban J connectivity index is 1.96. The zero-order valence-corrected chi connectivity index (χ0v) is 19.7. The molecule has 0 saturated carbocycles. The molecule has 4 heteroatoms. The fourth-order valence-electron chi connectivity index (χ4n) is 3.92. The summed E-state index contributed by atoms with van der Waals surface area (Å²) in [4.78, 5) is 4.93. The van der Waals surface area contributed by atoms with Gasteiger partial charge in [0.25, 0.3) is 0 Å². The second-order valence-corrected chi connectivity index (χ2v) is 15.5. The van der Waals surface area contributed by atoms with E-state index in [1.165, 1.54) is 31.1 Å². The van der Waals surface area contributed by atoms with Gasteiger partial charge in [-0.05, 0) is 47.4 Å². The van der Waals surface area contributed by atoms with Crippen molar-refractivity contribution in [2.75, 3.05) is 0 Å². The third kappa shape index (κ3) is 3.52. The Kier molecular flexibility index (Phi) is 5.11. The first-order chi connectivity index (χ1) is 13.3. The maximum atomic E-state index is 6.61. The number of fused-ring (bicyclic) bond motifs is 3. The van der Waals surface area contributed by atoms with Crippen molar-refractivity contribution in [3.05, 3.63) is 59.2 Å². The number of hydrogen-bond acceptors (Lipinski definition) is 2. The Bertz CT molecular complexity index is 1170. The molecule has 0 aliphatic rings. The lowest BCUT2D eigenvalue weighted by Crippen LogP contribution is -2.40. The van der Waals surface area contributed by atoms with E-state index in [2.05, 4.69) is 76.1 Å². The van der Waals surface area contributed by atoms with Crippen LogP contribution in [0.2, 0.25) is 24.7 Å². The van der Waals surface area contributed by atoms with Gasteiger partial charge in [-0.15, -0.1) is 11.3 Å². The predicted octanol–water partition coefficient (Wildman–Crippen LogP) is 7.51. The molecule has 4 aromatic rings. The average molecular weight is 424 g/mol. The van der Waals surface area contributed by atoms with Crippen LogP contribution in [0, 0.1) is 5.92 Å². The highest BCUT2D eigenvalue weighted by Gasteiger charge is 2.22. The van der Waals surface area contributed by atoms with Gasteiger partial charge in [-0.1, -0.05) is 63.3 Å². The topological polar surface area (TPSA) is 12.9 Å². The molecule has 0 fully saturated rings. The standard InChI is InChI=1S/C24H26ClNSSi/c1-15(2)12-16-13-20(26-14-22(16)28(3,4)5)17-10-11-19(25)23-18-8-6-7-9-21(18)27-24(17)23/h6-11,13-15H,12H2,1-5H3. The lowest BCUT2D eigenvalue weighted by atomic mass is 10.0. The molecule has 2 aromatic carbocycles. The predicted molar refractivity (Wildman–Crippen MR) is 129 cm³/mol. The number of pyridine rings is 1. The Morgan fingerprint density at radius 2 is 1.82 bits per heavy atom. The number of benzene rings is 2. The SMILES string of the molecule is CC(C)Cc1cc(-c2ccc(Cl)c3c2sc2ccccc23)ncc1[Si](C)(C)C. The summed E-state index contributed by atoms with van der Waals surface area (Å²) >= 11 is 8.42. The van der Waals surface area contributed by atoms with Crippen molar-refractivity contribution in [1.82, 2.24) is 4.98 Å². The number of rotatable bonds is 4. The van der Waals surface area contributed by atoms with Gasteiger partial charge in [0.2, 0.25) is 0 Å². The van der Waals surface area contributed by atoms with Gasteiger partial charge in [-0.2, -0.15) is 0 Å². The second kappa shape index (κ2) is 7.29. The van der Waals surface area contributed by atoms with Gasteiger partial charge in [-0.25, -0.2) is 0 Å². The molecule has 1 nitrogen and oxygen atoms in total. The van der Waals surface area contributed by atoms with E-state index in [1.54, 1.807) is 0 Å². The number of halogens is 1. The summed E-state index contributed by atoms with van der Waals surface area (Å²) in [7, 11) is -1.44. The lowest BCUT2D eigenvalue weighted by Gasteiger charge is -2.22. The molecule has 4 rings (SSSR count). The van der Waals surface area contributed by atoms with Crippen molar-refractivity contribution in [3.63, 3.8) is 0 Å². The first-order valence-electron chi connectivity index (χ1n) is 9.85. The molecule has 28 heavy (non-hydrogen) atoms. The van der Waals surface area contributed by atoms with Gasteiger partial charge in [0.05, 0.1) is 13.8 Å². The van der Waals surface area contributed by atoms with Crippen molar-refractivity contribution < 1.29 is 0 Å². The Morgan fingerprint density at radius 1 is 1.07 bits per heavy atom. The molecule has 2 aromatic heterocycles. The zero-order valence-electron chi connectivity index (χ0n) is 17.1. The summed E-state index contributed by atoms with van der Waals surface area (Å²) in [6.07, 6.45) is 3.24. The molecular formula is C24H26ClNSSi. The summed E-state index contributed by atoms with van der Waals surface area (Å²) in [5.74, 6) is 0.625. The van der Waals surface area contributed by atoms with Crippen LogP contribution >= 0.6 is 22.9 Å². The van der Waals surface area contributed by atoms with E-state index >= 15 is 0 Å². The summed E-state index contributed by atoms with van der Waals surface area (Å²) < 4.78 is 2.51. The minimum atomic E-state index is -1.44. The van der Waals surface area contributed by atoms with E-state index in [0.29, 0.717) is 5.92 Å². The smallest absolute Gasteiger partial charge is 0.0799 e. The van der Waals surface area contributed by atoms with Crippen molar-refractivity contribution in [2.24, 2.45) is 5.92 Å². The second-order valence-electron chi connectivity index (χ2n) is 8.97. The van der Waals surface area contributed by atoms with Gasteiger partial charge in [0.1, 0.15) is 0 Å². The molecule has 144 valence electrons. The molecular weight excluding hydrogens is 398 g/mol. The van der Waals surface area contributed by atoms with Crippen molar-refractivity contribution in [2.45, 2.75) is 39.9 Å². The monoisotopic (exact) mass is 423 g/mol. The maximum Gasteiger partial charge on any atom is 0.0799 e. The van der Waals surface area contributed by atoms with Gasteiger partial charge < -0.3 is 0 Å². The number of nitrogens with zero attached hydrogens (tertiary/aromatic N) is 1. The molecule has 0 radical (unpaired) electrons. The van der Waals surface area contributed by atoms with Gasteiger partial charge in [0, 0.05) is 37.0 Å². The molecule has 0 spiro atoms. The average Bonchev–Trinajstić information content (AvgIpc) is 3.00. The fraction of sp³-hybridized carbons (Fsp3) is 0.292. The molecule has 0 saturated heterocycles. The third-order valence-corrected chi connectivity index (χ3v) is 8.76. The van der Waals surface area contributed by atoms with E-state index in [4.69, 9.17) is 16.6 Å². The molecule has 0 aliphatic heterocycles. The van der Waals surface area contributed by atoms with Crippen LogP contribution in [0.4, 0.5) is 0 Å². The van der Waals surface area contributed by atoms with Crippen LogP contribution in [-0.4, -0.2) is 13.1 Å². The van der Waals surface area contributed by atoms with E-state index in [1.807, 2.05) is 17.4 Å². The van der Waals surface area contributed by atoms with Crippen LogP contribution in [0.25, 0.3) is 31.4 Å². The first-order valence-corrected chi connectivity index (χ1v) is 14.5. The first kappa shape index (κ1) is 19.6. The van der Waals surface area contributed by atoms with Crippen LogP contribution < -0.4 is 5.19 Å². The number of thiophene rings is 1. The van der Waals surface area contributed by atoms with Crippen LogP contribution in [0.15, 0.2) is 48.7 Å². The van der Waals surface area contributed by atoms with Crippen molar-refractivity contribution in [3.8, 4) is 11.3 Å². The number of hydrogen-bond donors (Lipinski definition) is 0. The zero-order chi connectivity index (χ0) is 20.1. The minimum absolute atomic E-state index is 0.625. The lowest BCUT2D eigenvalue weighted by molar-refractivity contribution is 0.649. The van der Waals surface area contributed by atoms with Crippen LogP contribution in [0.3, 0.4) is 0 Å². The Labute approximate surface area is 177 Å². The van der Waals surface area contributed by atoms with E-state index in [-0.39, 0.29) is 0 Å². The largest absolute Gasteiger partial charge is 0.256 e. The summed E-state index contributed by atoms with van der Waals surface area (Å²) in [5.41, 5.74) is 3.71. The summed E-state index contributed by atoms with van der Waals surface area (Å²) in [5, 5.41) is 4.68. The maximum absolute atomic E-state index is 6.61. The normalized spacial score (nSPS) is 12.4. The number of aromatic nitrogens is 1.